The smallest absolute Gasteiger partial charge is 0.238 e. The summed E-state index contributed by atoms with van der Waals surface area (Å²) < 4.78 is 29.2. The summed E-state index contributed by atoms with van der Waals surface area (Å²) in [6, 6.07) is 21.0. The van der Waals surface area contributed by atoms with Crippen LogP contribution < -0.4 is 5.14 Å². The minimum absolute atomic E-state index is 0.0117. The summed E-state index contributed by atoms with van der Waals surface area (Å²) in [5, 5.41) is 6.18. The molecule has 0 spiro atoms. The average molecular weight is 459 g/mol. The number of rotatable bonds is 5. The van der Waals surface area contributed by atoms with Gasteiger partial charge < -0.3 is 4.42 Å². The Morgan fingerprint density at radius 3 is 2.30 bits per heavy atom. The Bertz CT molecular complexity index is 1300. The Morgan fingerprint density at radius 1 is 0.933 bits per heavy atom. The van der Waals surface area contributed by atoms with Crippen LogP contribution in [0.4, 0.5) is 0 Å². The molecular weight excluding hydrogens is 443 g/mol. The molecule has 0 atom stereocenters. The topological polar surface area (TPSA) is 86.2 Å². The van der Waals surface area contributed by atoms with E-state index in [9.17, 15) is 8.42 Å². The van der Waals surface area contributed by atoms with Gasteiger partial charge in [0.15, 0.2) is 11.7 Å². The highest BCUT2D eigenvalue weighted by molar-refractivity contribution is 7.89. The van der Waals surface area contributed by atoms with E-state index in [1.165, 1.54) is 12.1 Å². The first kappa shape index (κ1) is 20.6. The molecule has 0 saturated heterocycles. The highest BCUT2D eigenvalue weighted by Gasteiger charge is 2.20. The van der Waals surface area contributed by atoms with Crippen molar-refractivity contribution in [2.45, 2.75) is 11.3 Å². The molecule has 30 heavy (non-hydrogen) atoms. The van der Waals surface area contributed by atoms with Crippen molar-refractivity contribution >= 4 is 33.2 Å². The van der Waals surface area contributed by atoms with E-state index in [4.69, 9.17) is 32.8 Å². The van der Waals surface area contributed by atoms with Gasteiger partial charge in [0, 0.05) is 22.6 Å². The lowest BCUT2D eigenvalue weighted by Gasteiger charge is -2.05. The maximum absolute atomic E-state index is 11.6. The summed E-state index contributed by atoms with van der Waals surface area (Å²) in [4.78, 5) is 4.68. The second-order valence-corrected chi connectivity index (χ2v) is 9.05. The van der Waals surface area contributed by atoms with Crippen LogP contribution in [0.15, 0.2) is 82.1 Å². The molecule has 4 aromatic rings. The van der Waals surface area contributed by atoms with Gasteiger partial charge in [-0.2, -0.15) is 0 Å². The van der Waals surface area contributed by atoms with Gasteiger partial charge in [0.1, 0.15) is 5.69 Å². The summed E-state index contributed by atoms with van der Waals surface area (Å²) in [6.45, 7) is 0. The lowest BCUT2D eigenvalue weighted by atomic mass is 10.1. The van der Waals surface area contributed by atoms with Crippen LogP contribution in [0.5, 0.6) is 0 Å². The Hall–Kier alpha value is -2.64. The molecule has 3 aromatic carbocycles. The van der Waals surface area contributed by atoms with Crippen molar-refractivity contribution in [3.63, 3.8) is 0 Å². The van der Waals surface area contributed by atoms with Crippen LogP contribution in [-0.4, -0.2) is 13.4 Å². The van der Waals surface area contributed by atoms with Crippen molar-refractivity contribution in [2.24, 2.45) is 5.14 Å². The van der Waals surface area contributed by atoms with Crippen molar-refractivity contribution in [1.82, 2.24) is 4.98 Å². The molecule has 0 radical (unpaired) electrons. The molecule has 152 valence electrons. The zero-order valence-corrected chi connectivity index (χ0v) is 17.9. The lowest BCUT2D eigenvalue weighted by molar-refractivity contribution is 0.519. The molecule has 0 aliphatic heterocycles. The summed E-state index contributed by atoms with van der Waals surface area (Å²) in [6.07, 6.45) is 0.487. The van der Waals surface area contributed by atoms with Gasteiger partial charge in [-0.3, -0.25) is 0 Å². The summed E-state index contributed by atoms with van der Waals surface area (Å²) in [5.74, 6) is 0.962. The molecule has 0 aliphatic carbocycles. The number of hydrogen-bond donors (Lipinski definition) is 1. The number of halogens is 2. The van der Waals surface area contributed by atoms with Crippen LogP contribution in [0.3, 0.4) is 0 Å². The molecule has 0 fully saturated rings. The molecular formula is C22H16Cl2N2O3S. The van der Waals surface area contributed by atoms with Gasteiger partial charge in [-0.25, -0.2) is 18.5 Å². The van der Waals surface area contributed by atoms with E-state index < -0.39 is 10.0 Å². The Morgan fingerprint density at radius 2 is 1.63 bits per heavy atom. The maximum atomic E-state index is 11.6. The fourth-order valence-electron chi connectivity index (χ4n) is 3.06. The van der Waals surface area contributed by atoms with Crippen LogP contribution >= 0.6 is 23.2 Å². The lowest BCUT2D eigenvalue weighted by Crippen LogP contribution is -2.11. The van der Waals surface area contributed by atoms with Gasteiger partial charge in [-0.15, -0.1) is 0 Å². The number of aromatic nitrogens is 1. The van der Waals surface area contributed by atoms with Gasteiger partial charge >= 0.3 is 0 Å². The van der Waals surface area contributed by atoms with E-state index in [2.05, 4.69) is 4.98 Å². The van der Waals surface area contributed by atoms with E-state index >= 15 is 0 Å². The Labute approximate surface area is 184 Å². The minimum atomic E-state index is -3.80. The molecule has 1 heterocycles. The molecule has 4 rings (SSSR count). The van der Waals surface area contributed by atoms with Gasteiger partial charge in [-0.1, -0.05) is 53.5 Å². The van der Waals surface area contributed by atoms with Gasteiger partial charge in [-0.05, 0) is 48.0 Å². The fraction of sp³-hybridized carbons (Fsp3) is 0.0455. The molecule has 0 unspecified atom stereocenters. The van der Waals surface area contributed by atoms with Crippen molar-refractivity contribution < 1.29 is 12.8 Å². The van der Waals surface area contributed by atoms with Crippen molar-refractivity contribution in [3.05, 3.63) is 94.3 Å². The fourth-order valence-corrected chi connectivity index (χ4v) is 3.96. The largest absolute Gasteiger partial charge is 0.440 e. The van der Waals surface area contributed by atoms with Crippen LogP contribution in [-0.2, 0) is 16.4 Å². The van der Waals surface area contributed by atoms with E-state index in [0.29, 0.717) is 44.9 Å². The first-order valence-electron chi connectivity index (χ1n) is 8.93. The van der Waals surface area contributed by atoms with Crippen LogP contribution in [0.2, 0.25) is 10.0 Å². The molecule has 8 heteroatoms. The number of nitrogens with two attached hydrogens (primary N) is 1. The maximum Gasteiger partial charge on any atom is 0.238 e. The molecule has 1 aromatic heterocycles. The first-order chi connectivity index (χ1) is 14.3. The van der Waals surface area contributed by atoms with E-state index in [1.54, 1.807) is 30.3 Å². The molecule has 0 aliphatic rings. The predicted octanol–water partition coefficient (Wildman–Crippen LogP) is 5.55. The Balaban J connectivity index is 1.84. The predicted molar refractivity (Wildman–Crippen MR) is 118 cm³/mol. The second kappa shape index (κ2) is 8.24. The number of oxazole rings is 1. The third kappa shape index (κ3) is 4.42. The number of primary sulfonamides is 1. The molecule has 2 N–H and O–H groups in total. The average Bonchev–Trinajstić information content (AvgIpc) is 3.13. The summed E-state index contributed by atoms with van der Waals surface area (Å²) >= 11 is 12.6. The quantitative estimate of drug-likeness (QED) is 0.424. The SMILES string of the molecule is NS(=O)(=O)c1ccc(-c2oc(Cc3ccccc3)nc2-c2cc(Cl)ccc2Cl)cc1. The third-order valence-corrected chi connectivity index (χ3v) is 5.99. The molecule has 0 saturated carbocycles. The molecule has 5 nitrogen and oxygen atoms in total. The normalized spacial score (nSPS) is 11.6. The monoisotopic (exact) mass is 458 g/mol. The molecule has 0 amide bonds. The van der Waals surface area contributed by atoms with Crippen LogP contribution in [0, 0.1) is 0 Å². The highest BCUT2D eigenvalue weighted by Crippen LogP contribution is 2.38. The number of benzene rings is 3. The first-order valence-corrected chi connectivity index (χ1v) is 11.2. The zero-order chi connectivity index (χ0) is 21.3. The van der Waals surface area contributed by atoms with Crippen molar-refractivity contribution in [3.8, 4) is 22.6 Å². The number of sulfonamides is 1. The van der Waals surface area contributed by atoms with Crippen LogP contribution in [0.1, 0.15) is 11.5 Å². The standard InChI is InChI=1S/C22H16Cl2N2O3S/c23-16-8-11-19(24)18(13-16)21-22(15-6-9-17(10-7-15)30(25,27)28)29-20(26-21)12-14-4-2-1-3-5-14/h1-11,13H,12H2,(H2,25,27,28). The molecule has 0 bridgehead atoms. The van der Waals surface area contributed by atoms with E-state index in [-0.39, 0.29) is 4.90 Å². The second-order valence-electron chi connectivity index (χ2n) is 6.64. The van der Waals surface area contributed by atoms with Crippen LogP contribution in [0.25, 0.3) is 22.6 Å². The highest BCUT2D eigenvalue weighted by atomic mass is 35.5. The van der Waals surface area contributed by atoms with Gasteiger partial charge in [0.2, 0.25) is 10.0 Å². The third-order valence-electron chi connectivity index (χ3n) is 4.50. The van der Waals surface area contributed by atoms with Crippen molar-refractivity contribution in [1.29, 1.82) is 0 Å². The number of hydrogen-bond acceptors (Lipinski definition) is 4. The minimum Gasteiger partial charge on any atom is -0.440 e. The zero-order valence-electron chi connectivity index (χ0n) is 15.5. The van der Waals surface area contributed by atoms with E-state index in [1.807, 2.05) is 30.3 Å². The van der Waals surface area contributed by atoms with E-state index in [0.717, 1.165) is 5.56 Å². The summed E-state index contributed by atoms with van der Waals surface area (Å²) in [5.41, 5.74) is 2.83. The summed E-state index contributed by atoms with van der Waals surface area (Å²) in [7, 11) is -3.80. The van der Waals surface area contributed by atoms with Crippen molar-refractivity contribution in [2.75, 3.05) is 0 Å². The van der Waals surface area contributed by atoms with Gasteiger partial charge in [0.25, 0.3) is 0 Å². The number of nitrogens with zero attached hydrogens (tertiary/aromatic N) is 1. The Kier molecular flexibility index (Phi) is 5.66. The van der Waals surface area contributed by atoms with Gasteiger partial charge in [0.05, 0.1) is 9.92 Å².